The fourth-order valence-corrected chi connectivity index (χ4v) is 4.21. The van der Waals surface area contributed by atoms with Crippen molar-refractivity contribution in [1.29, 1.82) is 0 Å². The lowest BCUT2D eigenvalue weighted by Crippen LogP contribution is -2.48. The number of thioether (sulfide) groups is 1. The summed E-state index contributed by atoms with van der Waals surface area (Å²) < 4.78 is 15.7. The molecule has 1 aromatic heterocycles. The molecule has 1 fully saturated rings. The zero-order valence-corrected chi connectivity index (χ0v) is 15.6. The quantitative estimate of drug-likeness (QED) is 0.781. The predicted octanol–water partition coefficient (Wildman–Crippen LogP) is 3.50. The third-order valence-corrected chi connectivity index (χ3v) is 5.76. The monoisotopic (exact) mass is 362 g/mol. The van der Waals surface area contributed by atoms with E-state index in [1.54, 1.807) is 29.8 Å². The minimum atomic E-state index is -0.332. The Bertz CT molecular complexity index is 753. The van der Waals surface area contributed by atoms with Gasteiger partial charge in [0.2, 0.25) is 5.91 Å². The van der Waals surface area contributed by atoms with E-state index in [1.807, 2.05) is 4.90 Å². The third-order valence-electron chi connectivity index (χ3n) is 4.76. The van der Waals surface area contributed by atoms with Gasteiger partial charge in [0.1, 0.15) is 5.82 Å². The first-order chi connectivity index (χ1) is 12.0. The van der Waals surface area contributed by atoms with Crippen molar-refractivity contribution in [1.82, 2.24) is 19.7 Å². The molecule has 0 saturated carbocycles. The molecule has 0 spiro atoms. The molecule has 134 valence electrons. The van der Waals surface area contributed by atoms with Crippen molar-refractivity contribution in [3.63, 3.8) is 0 Å². The lowest BCUT2D eigenvalue weighted by atomic mass is 9.98. The molecule has 1 aliphatic heterocycles. The van der Waals surface area contributed by atoms with Gasteiger partial charge in [0.15, 0.2) is 11.0 Å². The number of hydrogen-bond acceptors (Lipinski definition) is 4. The smallest absolute Gasteiger partial charge is 0.233 e. The normalized spacial score (nSPS) is 20.7. The van der Waals surface area contributed by atoms with Gasteiger partial charge in [0.25, 0.3) is 0 Å². The van der Waals surface area contributed by atoms with Crippen molar-refractivity contribution < 1.29 is 9.18 Å². The van der Waals surface area contributed by atoms with Gasteiger partial charge in [-0.05, 0) is 45.2 Å². The molecule has 0 bridgehead atoms. The lowest BCUT2D eigenvalue weighted by molar-refractivity contribution is -0.134. The Morgan fingerprint density at radius 3 is 2.60 bits per heavy atom. The summed E-state index contributed by atoms with van der Waals surface area (Å²) in [6, 6.07) is 7.05. The Kier molecular flexibility index (Phi) is 5.42. The summed E-state index contributed by atoms with van der Waals surface area (Å²) in [7, 11) is 1.79. The molecule has 2 aromatic rings. The van der Waals surface area contributed by atoms with Gasteiger partial charge in [-0.3, -0.25) is 4.79 Å². The molecule has 0 unspecified atom stereocenters. The summed E-state index contributed by atoms with van der Waals surface area (Å²) in [6.07, 6.45) is 3.29. The number of benzene rings is 1. The van der Waals surface area contributed by atoms with E-state index < -0.39 is 0 Å². The molecule has 7 heteroatoms. The van der Waals surface area contributed by atoms with Crippen LogP contribution >= 0.6 is 11.8 Å². The van der Waals surface area contributed by atoms with Crippen molar-refractivity contribution in [2.24, 2.45) is 7.05 Å². The minimum absolute atomic E-state index is 0.125. The summed E-state index contributed by atoms with van der Waals surface area (Å²) in [4.78, 5) is 14.6. The standard InChI is InChI=1S/C18H23FN4OS/c1-12-7-6-8-13(2)23(12)16(24)11-25-18-21-20-17(22(18)3)14-9-4-5-10-15(14)19/h4-5,9-10,12-13H,6-8,11H2,1-3H3/t12-,13-/m0/s1. The second-order valence-corrected chi connectivity index (χ2v) is 7.51. The zero-order chi connectivity index (χ0) is 18.0. The van der Waals surface area contributed by atoms with E-state index in [0.717, 1.165) is 12.8 Å². The van der Waals surface area contributed by atoms with Gasteiger partial charge in [-0.15, -0.1) is 10.2 Å². The Hall–Kier alpha value is -1.89. The first-order valence-electron chi connectivity index (χ1n) is 8.57. The molecule has 3 rings (SSSR count). The van der Waals surface area contributed by atoms with Crippen LogP contribution in [-0.4, -0.2) is 43.4 Å². The van der Waals surface area contributed by atoms with Gasteiger partial charge in [-0.25, -0.2) is 4.39 Å². The number of nitrogens with zero attached hydrogens (tertiary/aromatic N) is 4. The van der Waals surface area contributed by atoms with E-state index in [0.29, 0.717) is 22.3 Å². The van der Waals surface area contributed by atoms with E-state index in [4.69, 9.17) is 0 Å². The van der Waals surface area contributed by atoms with Crippen LogP contribution in [-0.2, 0) is 11.8 Å². The van der Waals surface area contributed by atoms with Crippen molar-refractivity contribution >= 4 is 17.7 Å². The highest BCUT2D eigenvalue weighted by atomic mass is 32.2. The molecule has 0 radical (unpaired) electrons. The average Bonchev–Trinajstić information content (AvgIpc) is 2.94. The maximum atomic E-state index is 14.0. The van der Waals surface area contributed by atoms with Crippen LogP contribution in [0.15, 0.2) is 29.4 Å². The van der Waals surface area contributed by atoms with E-state index >= 15 is 0 Å². The molecule has 0 N–H and O–H groups in total. The molecule has 2 heterocycles. The van der Waals surface area contributed by atoms with E-state index in [2.05, 4.69) is 24.0 Å². The first kappa shape index (κ1) is 17.9. The number of carbonyl (C=O) groups is 1. The van der Waals surface area contributed by atoms with Crippen molar-refractivity contribution in [2.75, 3.05) is 5.75 Å². The van der Waals surface area contributed by atoms with Gasteiger partial charge in [-0.2, -0.15) is 0 Å². The molecule has 1 aliphatic rings. The second kappa shape index (κ2) is 7.56. The molecule has 1 aromatic carbocycles. The number of aromatic nitrogens is 3. The Balaban J connectivity index is 1.70. The maximum Gasteiger partial charge on any atom is 0.233 e. The zero-order valence-electron chi connectivity index (χ0n) is 14.8. The van der Waals surface area contributed by atoms with Crippen LogP contribution in [0.5, 0.6) is 0 Å². The fraction of sp³-hybridized carbons (Fsp3) is 0.500. The highest BCUT2D eigenvalue weighted by Crippen LogP contribution is 2.27. The van der Waals surface area contributed by atoms with Crippen molar-refractivity contribution in [3.05, 3.63) is 30.1 Å². The van der Waals surface area contributed by atoms with Crippen LogP contribution in [0.2, 0.25) is 0 Å². The van der Waals surface area contributed by atoms with Gasteiger partial charge in [0.05, 0.1) is 11.3 Å². The van der Waals surface area contributed by atoms with Crippen LogP contribution in [0, 0.1) is 5.82 Å². The van der Waals surface area contributed by atoms with Gasteiger partial charge >= 0.3 is 0 Å². The Morgan fingerprint density at radius 1 is 1.24 bits per heavy atom. The average molecular weight is 362 g/mol. The second-order valence-electron chi connectivity index (χ2n) is 6.56. The van der Waals surface area contributed by atoms with Gasteiger partial charge < -0.3 is 9.47 Å². The SMILES string of the molecule is C[C@H]1CCC[C@H](C)N1C(=O)CSc1nnc(-c2ccccc2F)n1C. The summed E-state index contributed by atoms with van der Waals surface area (Å²) in [6.45, 7) is 4.22. The predicted molar refractivity (Wildman–Crippen MR) is 96.7 cm³/mol. The molecule has 1 saturated heterocycles. The number of rotatable bonds is 4. The third kappa shape index (κ3) is 3.71. The number of hydrogen-bond donors (Lipinski definition) is 0. The van der Waals surface area contributed by atoms with Crippen molar-refractivity contribution in [3.8, 4) is 11.4 Å². The number of amides is 1. The van der Waals surface area contributed by atoms with Crippen LogP contribution in [0.3, 0.4) is 0 Å². The fourth-order valence-electron chi connectivity index (χ4n) is 3.43. The number of likely N-dealkylation sites (tertiary alicyclic amines) is 1. The number of halogens is 1. The molecule has 0 aliphatic carbocycles. The van der Waals surface area contributed by atoms with Crippen LogP contribution < -0.4 is 0 Å². The Labute approximate surface area is 151 Å². The molecule has 5 nitrogen and oxygen atoms in total. The van der Waals surface area contributed by atoms with Gasteiger partial charge in [-0.1, -0.05) is 23.9 Å². The van der Waals surface area contributed by atoms with E-state index in [-0.39, 0.29) is 23.8 Å². The van der Waals surface area contributed by atoms with E-state index in [1.165, 1.54) is 24.2 Å². The summed E-state index contributed by atoms with van der Waals surface area (Å²) in [5, 5.41) is 8.84. The molecule has 2 atom stereocenters. The highest BCUT2D eigenvalue weighted by Gasteiger charge is 2.29. The van der Waals surface area contributed by atoms with Gasteiger partial charge in [0, 0.05) is 19.1 Å². The molecular weight excluding hydrogens is 339 g/mol. The number of piperidine rings is 1. The summed E-state index contributed by atoms with van der Waals surface area (Å²) in [5.41, 5.74) is 0.411. The van der Waals surface area contributed by atoms with Crippen molar-refractivity contribution in [2.45, 2.75) is 50.4 Å². The Morgan fingerprint density at radius 2 is 1.92 bits per heavy atom. The lowest BCUT2D eigenvalue weighted by Gasteiger charge is -2.39. The molecule has 1 amide bonds. The molecule has 25 heavy (non-hydrogen) atoms. The van der Waals surface area contributed by atoms with Crippen LogP contribution in [0.1, 0.15) is 33.1 Å². The maximum absolute atomic E-state index is 14.0. The first-order valence-corrected chi connectivity index (χ1v) is 9.56. The number of carbonyl (C=O) groups excluding carboxylic acids is 1. The topological polar surface area (TPSA) is 51.0 Å². The molecular formula is C18H23FN4OS. The minimum Gasteiger partial charge on any atom is -0.337 e. The van der Waals surface area contributed by atoms with E-state index in [9.17, 15) is 9.18 Å². The van der Waals surface area contributed by atoms with Crippen LogP contribution in [0.25, 0.3) is 11.4 Å². The largest absolute Gasteiger partial charge is 0.337 e. The van der Waals surface area contributed by atoms with Crippen LogP contribution in [0.4, 0.5) is 4.39 Å². The summed E-state index contributed by atoms with van der Waals surface area (Å²) >= 11 is 1.35. The summed E-state index contributed by atoms with van der Waals surface area (Å²) in [5.74, 6) is 0.576. The highest BCUT2D eigenvalue weighted by molar-refractivity contribution is 7.99.